The van der Waals surface area contributed by atoms with Gasteiger partial charge >= 0.3 is 12.1 Å². The molecule has 2 unspecified atom stereocenters. The van der Waals surface area contributed by atoms with E-state index in [1.54, 1.807) is 20.8 Å². The molecule has 2 N–H and O–H groups in total. The van der Waals surface area contributed by atoms with Crippen molar-refractivity contribution in [3.05, 3.63) is 71.3 Å². The number of esters is 1. The molecule has 0 spiro atoms. The monoisotopic (exact) mass is 567 g/mol. The lowest BCUT2D eigenvalue weighted by Crippen LogP contribution is -2.54. The largest absolute Gasteiger partial charge is 0.468 e. The summed E-state index contributed by atoms with van der Waals surface area (Å²) in [4.78, 5) is 54.2. The number of aryl methyl sites for hydroxylation is 1. The Morgan fingerprint density at radius 3 is 2.12 bits per heavy atom. The van der Waals surface area contributed by atoms with Crippen LogP contribution >= 0.6 is 0 Å². The fourth-order valence-electron chi connectivity index (χ4n) is 4.34. The Morgan fingerprint density at radius 1 is 0.902 bits per heavy atom. The molecule has 9 nitrogen and oxygen atoms in total. The Labute approximate surface area is 244 Å². The SMILES string of the molecule is CCCCCN(C(=O)C(Cc1ccccc1)NC(=O)OC(C)(C)C)C(C(=O)NCC(=O)OC)c1ccc(CC)cc1. The van der Waals surface area contributed by atoms with Gasteiger partial charge in [0.2, 0.25) is 11.8 Å². The summed E-state index contributed by atoms with van der Waals surface area (Å²) in [6.07, 6.45) is 2.71. The highest BCUT2D eigenvalue weighted by atomic mass is 16.6. The number of unbranched alkanes of at least 4 members (excludes halogenated alkanes) is 2. The van der Waals surface area contributed by atoms with Crippen LogP contribution in [-0.4, -0.2) is 60.6 Å². The number of nitrogens with one attached hydrogen (secondary N) is 2. The van der Waals surface area contributed by atoms with Crippen LogP contribution in [0.1, 0.15) is 76.6 Å². The van der Waals surface area contributed by atoms with Gasteiger partial charge in [0.1, 0.15) is 24.2 Å². The predicted octanol–water partition coefficient (Wildman–Crippen LogP) is 4.73. The molecule has 0 aliphatic rings. The molecule has 0 fully saturated rings. The Balaban J connectivity index is 2.55. The minimum atomic E-state index is -1.03. The van der Waals surface area contributed by atoms with E-state index in [0.717, 1.165) is 30.4 Å². The van der Waals surface area contributed by atoms with Crippen molar-refractivity contribution in [3.8, 4) is 0 Å². The number of amides is 3. The summed E-state index contributed by atoms with van der Waals surface area (Å²) in [7, 11) is 1.24. The van der Waals surface area contributed by atoms with Gasteiger partial charge in [-0.25, -0.2) is 4.79 Å². The van der Waals surface area contributed by atoms with Crippen molar-refractivity contribution in [1.29, 1.82) is 0 Å². The molecule has 0 bridgehead atoms. The predicted molar refractivity (Wildman–Crippen MR) is 158 cm³/mol. The van der Waals surface area contributed by atoms with Gasteiger partial charge in [-0.3, -0.25) is 14.4 Å². The number of rotatable bonds is 14. The second-order valence-corrected chi connectivity index (χ2v) is 10.9. The number of carbonyl (C=O) groups is 4. The third-order valence-corrected chi connectivity index (χ3v) is 6.46. The third-order valence-electron chi connectivity index (χ3n) is 6.46. The summed E-state index contributed by atoms with van der Waals surface area (Å²) in [5.74, 6) is -1.54. The van der Waals surface area contributed by atoms with Crippen molar-refractivity contribution < 1.29 is 28.7 Å². The molecular weight excluding hydrogens is 522 g/mol. The summed E-state index contributed by atoms with van der Waals surface area (Å²) in [5.41, 5.74) is 1.77. The van der Waals surface area contributed by atoms with Gasteiger partial charge in [-0.2, -0.15) is 0 Å². The van der Waals surface area contributed by atoms with Crippen LogP contribution in [0.5, 0.6) is 0 Å². The molecule has 0 heterocycles. The summed E-state index contributed by atoms with van der Waals surface area (Å²) in [5, 5.41) is 5.38. The molecule has 0 aliphatic heterocycles. The maximum absolute atomic E-state index is 14.4. The first-order valence-corrected chi connectivity index (χ1v) is 14.3. The topological polar surface area (TPSA) is 114 Å². The first kappa shape index (κ1) is 33.3. The number of ether oxygens (including phenoxy) is 2. The van der Waals surface area contributed by atoms with Gasteiger partial charge in [-0.1, -0.05) is 81.3 Å². The normalized spacial score (nSPS) is 12.5. The van der Waals surface area contributed by atoms with Crippen molar-refractivity contribution in [2.45, 2.75) is 84.4 Å². The summed E-state index contributed by atoms with van der Waals surface area (Å²) in [6.45, 7) is 9.28. The van der Waals surface area contributed by atoms with Gasteiger partial charge in [-0.05, 0) is 50.3 Å². The van der Waals surface area contributed by atoms with Crippen LogP contribution in [0.25, 0.3) is 0 Å². The van der Waals surface area contributed by atoms with Crippen LogP contribution in [0.4, 0.5) is 4.79 Å². The van der Waals surface area contributed by atoms with E-state index in [4.69, 9.17) is 9.47 Å². The number of alkyl carbamates (subject to hydrolysis) is 1. The van der Waals surface area contributed by atoms with Crippen LogP contribution in [0.15, 0.2) is 54.6 Å². The van der Waals surface area contributed by atoms with E-state index in [2.05, 4.69) is 17.6 Å². The highest BCUT2D eigenvalue weighted by Crippen LogP contribution is 2.25. The number of nitrogens with zero attached hydrogens (tertiary/aromatic N) is 1. The number of benzene rings is 2. The molecule has 2 rings (SSSR count). The maximum Gasteiger partial charge on any atom is 0.408 e. The zero-order valence-corrected chi connectivity index (χ0v) is 25.2. The molecular formula is C32H45N3O6. The van der Waals surface area contributed by atoms with Crippen LogP contribution in [-0.2, 0) is 36.7 Å². The number of hydrogen-bond acceptors (Lipinski definition) is 6. The molecule has 0 aromatic heterocycles. The zero-order valence-electron chi connectivity index (χ0n) is 25.2. The van der Waals surface area contributed by atoms with E-state index in [-0.39, 0.29) is 19.5 Å². The van der Waals surface area contributed by atoms with Crippen molar-refractivity contribution in [2.75, 3.05) is 20.2 Å². The van der Waals surface area contributed by atoms with Gasteiger partial charge in [0.15, 0.2) is 0 Å². The van der Waals surface area contributed by atoms with Gasteiger partial charge in [0, 0.05) is 13.0 Å². The first-order chi connectivity index (χ1) is 19.5. The standard InChI is InChI=1S/C32H45N3O6/c1-7-9-13-20-35(28(29(37)33-22-27(36)40-6)25-18-16-23(8-2)17-19-25)30(38)26(21-24-14-11-10-12-15-24)34-31(39)41-32(3,4)5/h10-12,14-19,26,28H,7-9,13,20-22H2,1-6H3,(H,33,37)(H,34,39). The van der Waals surface area contributed by atoms with Crippen LogP contribution < -0.4 is 10.6 Å². The van der Waals surface area contributed by atoms with E-state index >= 15 is 0 Å². The molecule has 0 saturated carbocycles. The fourth-order valence-corrected chi connectivity index (χ4v) is 4.34. The molecule has 0 saturated heterocycles. The van der Waals surface area contributed by atoms with E-state index in [9.17, 15) is 19.2 Å². The average Bonchev–Trinajstić information content (AvgIpc) is 2.94. The summed E-state index contributed by atoms with van der Waals surface area (Å²) < 4.78 is 10.2. The van der Waals surface area contributed by atoms with E-state index < -0.39 is 41.6 Å². The summed E-state index contributed by atoms with van der Waals surface area (Å²) >= 11 is 0. The summed E-state index contributed by atoms with van der Waals surface area (Å²) in [6, 6.07) is 14.8. The van der Waals surface area contributed by atoms with E-state index in [1.165, 1.54) is 12.0 Å². The second kappa shape index (κ2) is 16.4. The van der Waals surface area contributed by atoms with Gasteiger partial charge < -0.3 is 25.0 Å². The number of methoxy groups -OCH3 is 1. The molecule has 2 aromatic carbocycles. The lowest BCUT2D eigenvalue weighted by atomic mass is 9.98. The molecule has 2 aromatic rings. The highest BCUT2D eigenvalue weighted by molar-refractivity contribution is 5.93. The third kappa shape index (κ3) is 11.3. The molecule has 41 heavy (non-hydrogen) atoms. The maximum atomic E-state index is 14.4. The van der Waals surface area contributed by atoms with Crippen molar-refractivity contribution in [3.63, 3.8) is 0 Å². The number of carbonyl (C=O) groups excluding carboxylic acids is 4. The zero-order chi connectivity index (χ0) is 30.4. The Bertz CT molecular complexity index is 1130. The molecule has 3 amide bonds. The van der Waals surface area contributed by atoms with Crippen LogP contribution in [0, 0.1) is 0 Å². The van der Waals surface area contributed by atoms with Gasteiger partial charge in [-0.15, -0.1) is 0 Å². The minimum Gasteiger partial charge on any atom is -0.468 e. The smallest absolute Gasteiger partial charge is 0.408 e. The lowest BCUT2D eigenvalue weighted by molar-refractivity contribution is -0.144. The highest BCUT2D eigenvalue weighted by Gasteiger charge is 2.36. The molecule has 0 radical (unpaired) electrons. The second-order valence-electron chi connectivity index (χ2n) is 10.9. The Kier molecular flexibility index (Phi) is 13.3. The van der Waals surface area contributed by atoms with Crippen molar-refractivity contribution >= 4 is 23.9 Å². The quantitative estimate of drug-likeness (QED) is 0.252. The van der Waals surface area contributed by atoms with Crippen molar-refractivity contribution in [1.82, 2.24) is 15.5 Å². The van der Waals surface area contributed by atoms with E-state index in [0.29, 0.717) is 12.0 Å². The van der Waals surface area contributed by atoms with E-state index in [1.807, 2.05) is 61.5 Å². The fraction of sp³-hybridized carbons (Fsp3) is 0.500. The lowest BCUT2D eigenvalue weighted by Gasteiger charge is -2.34. The van der Waals surface area contributed by atoms with Gasteiger partial charge in [0.25, 0.3) is 0 Å². The average molecular weight is 568 g/mol. The molecule has 224 valence electrons. The Morgan fingerprint density at radius 2 is 1.56 bits per heavy atom. The minimum absolute atomic E-state index is 0.203. The van der Waals surface area contributed by atoms with Crippen molar-refractivity contribution in [2.24, 2.45) is 0 Å². The molecule has 2 atom stereocenters. The number of hydrogen-bond donors (Lipinski definition) is 2. The van der Waals surface area contributed by atoms with Crippen LogP contribution in [0.2, 0.25) is 0 Å². The molecule has 0 aliphatic carbocycles. The van der Waals surface area contributed by atoms with Gasteiger partial charge in [0.05, 0.1) is 7.11 Å². The Hall–Kier alpha value is -3.88. The first-order valence-electron chi connectivity index (χ1n) is 14.3. The van der Waals surface area contributed by atoms with Crippen LogP contribution in [0.3, 0.4) is 0 Å². The molecule has 9 heteroatoms.